The molecule has 3 rings (SSSR count). The molecule has 0 amide bonds. The van der Waals surface area contributed by atoms with Crippen LogP contribution in [-0.4, -0.2) is 36.2 Å². The molecule has 0 radical (unpaired) electrons. The quantitative estimate of drug-likeness (QED) is 0.321. The smallest absolute Gasteiger partial charge is 0.416 e. The molecule has 3 nitrogen and oxygen atoms in total. The van der Waals surface area contributed by atoms with Crippen molar-refractivity contribution in [1.82, 2.24) is 4.90 Å². The van der Waals surface area contributed by atoms with Crippen LogP contribution in [0.3, 0.4) is 0 Å². The summed E-state index contributed by atoms with van der Waals surface area (Å²) in [6.45, 7) is 7.29. The van der Waals surface area contributed by atoms with Gasteiger partial charge in [0.05, 0.1) is 5.56 Å². The number of alkyl halides is 3. The van der Waals surface area contributed by atoms with Crippen LogP contribution in [0.1, 0.15) is 36.1 Å². The summed E-state index contributed by atoms with van der Waals surface area (Å²) in [5.74, 6) is 0.130. The first-order valence-corrected chi connectivity index (χ1v) is 10.8. The predicted molar refractivity (Wildman–Crippen MR) is 120 cm³/mol. The highest BCUT2D eigenvalue weighted by Gasteiger charge is 2.36. The Kier molecular flexibility index (Phi) is 7.76. The van der Waals surface area contributed by atoms with Crippen LogP contribution in [0.2, 0.25) is 0 Å². The highest BCUT2D eigenvalue weighted by molar-refractivity contribution is 5.48. The molecule has 0 saturated carbocycles. The largest absolute Gasteiger partial charge is 0.492 e. The van der Waals surface area contributed by atoms with Crippen molar-refractivity contribution >= 4 is 0 Å². The third-order valence-corrected chi connectivity index (χ3v) is 5.73. The molecule has 176 valence electrons. The van der Waals surface area contributed by atoms with Gasteiger partial charge in [-0.2, -0.15) is 13.2 Å². The minimum atomic E-state index is -4.49. The third kappa shape index (κ3) is 5.72. The van der Waals surface area contributed by atoms with Crippen molar-refractivity contribution in [1.29, 1.82) is 0 Å². The van der Waals surface area contributed by atoms with E-state index in [9.17, 15) is 22.7 Å². The first-order chi connectivity index (χ1) is 15.7. The molecule has 1 unspecified atom stereocenters. The molecular weight excluding hydrogens is 434 g/mol. The molecule has 0 aliphatic rings. The summed E-state index contributed by atoms with van der Waals surface area (Å²) in [7, 11) is 0. The van der Waals surface area contributed by atoms with Gasteiger partial charge in [0.25, 0.3) is 0 Å². The molecule has 0 aliphatic heterocycles. The number of benzene rings is 3. The summed E-state index contributed by atoms with van der Waals surface area (Å²) >= 11 is 0. The molecule has 0 fully saturated rings. The van der Waals surface area contributed by atoms with Crippen LogP contribution in [-0.2, 0) is 11.8 Å². The number of nitrogens with zero attached hydrogens (tertiary/aromatic N) is 1. The van der Waals surface area contributed by atoms with Crippen molar-refractivity contribution in [2.75, 3.05) is 26.2 Å². The van der Waals surface area contributed by atoms with Crippen molar-refractivity contribution in [3.8, 4) is 5.75 Å². The molecule has 0 spiro atoms. The molecule has 0 bridgehead atoms. The van der Waals surface area contributed by atoms with E-state index in [2.05, 4.69) is 18.7 Å². The maximum atomic E-state index is 13.5. The van der Waals surface area contributed by atoms with Crippen LogP contribution in [0.4, 0.5) is 17.6 Å². The van der Waals surface area contributed by atoms with Crippen LogP contribution in [0.5, 0.6) is 5.75 Å². The van der Waals surface area contributed by atoms with Gasteiger partial charge in [-0.3, -0.25) is 0 Å². The summed E-state index contributed by atoms with van der Waals surface area (Å²) < 4.78 is 58.4. The Morgan fingerprint density at radius 3 is 1.61 bits per heavy atom. The van der Waals surface area contributed by atoms with E-state index >= 15 is 0 Å². The molecule has 7 heteroatoms. The number of rotatable bonds is 9. The molecule has 0 saturated heterocycles. The second-order valence-corrected chi connectivity index (χ2v) is 7.69. The van der Waals surface area contributed by atoms with Crippen molar-refractivity contribution in [3.63, 3.8) is 0 Å². The van der Waals surface area contributed by atoms with Gasteiger partial charge in [0, 0.05) is 6.54 Å². The zero-order chi connectivity index (χ0) is 24.1. The Morgan fingerprint density at radius 2 is 1.15 bits per heavy atom. The number of aliphatic hydroxyl groups is 1. The van der Waals surface area contributed by atoms with E-state index in [0.29, 0.717) is 23.5 Å². The molecule has 0 heterocycles. The highest BCUT2D eigenvalue weighted by atomic mass is 19.4. The first kappa shape index (κ1) is 24.7. The van der Waals surface area contributed by atoms with Crippen LogP contribution < -0.4 is 4.74 Å². The number of hydrogen-bond acceptors (Lipinski definition) is 3. The zero-order valence-electron chi connectivity index (χ0n) is 18.6. The van der Waals surface area contributed by atoms with Crippen LogP contribution in [0.25, 0.3) is 0 Å². The Hall–Kier alpha value is -2.90. The lowest BCUT2D eigenvalue weighted by Crippen LogP contribution is -2.29. The van der Waals surface area contributed by atoms with Crippen molar-refractivity contribution in [2.24, 2.45) is 0 Å². The molecule has 3 aromatic carbocycles. The maximum absolute atomic E-state index is 13.5. The van der Waals surface area contributed by atoms with Crippen molar-refractivity contribution in [3.05, 3.63) is 101 Å². The Bertz CT molecular complexity index is 1010. The third-order valence-electron chi connectivity index (χ3n) is 5.73. The predicted octanol–water partition coefficient (Wildman–Crippen LogP) is 5.85. The molecule has 0 aliphatic carbocycles. The lowest BCUT2D eigenvalue weighted by atomic mass is 9.80. The topological polar surface area (TPSA) is 32.7 Å². The zero-order valence-corrected chi connectivity index (χ0v) is 18.6. The fourth-order valence-corrected chi connectivity index (χ4v) is 3.72. The summed E-state index contributed by atoms with van der Waals surface area (Å²) in [5, 5.41) is 11.8. The fourth-order valence-electron chi connectivity index (χ4n) is 3.72. The highest BCUT2D eigenvalue weighted by Crippen LogP contribution is 2.39. The SMILES string of the molecule is CCN(CC)CCOc1ccc(C(O)(c2ccc(F)cc2)c2ccc(C(F)(F)F)cc2)cc1. The number of hydrogen-bond donors (Lipinski definition) is 1. The van der Waals surface area contributed by atoms with Gasteiger partial charge < -0.3 is 14.7 Å². The standard InChI is InChI=1S/C26H27F4NO2/c1-3-31(4-2)17-18-33-24-15-11-21(12-16-24)25(32,20-9-13-23(27)14-10-20)19-5-7-22(8-6-19)26(28,29)30/h5-16,32H,3-4,17-18H2,1-2H3. The fraction of sp³-hybridized carbons (Fsp3) is 0.308. The second-order valence-electron chi connectivity index (χ2n) is 7.69. The van der Waals surface area contributed by atoms with Crippen LogP contribution >= 0.6 is 0 Å². The van der Waals surface area contributed by atoms with Crippen LogP contribution in [0, 0.1) is 5.82 Å². The Morgan fingerprint density at radius 1 is 0.727 bits per heavy atom. The monoisotopic (exact) mass is 461 g/mol. The van der Waals surface area contributed by atoms with E-state index in [0.717, 1.165) is 31.8 Å². The van der Waals surface area contributed by atoms with E-state index in [1.807, 2.05) is 0 Å². The van der Waals surface area contributed by atoms with Gasteiger partial charge in [-0.1, -0.05) is 50.2 Å². The molecular formula is C26H27F4NO2. The normalized spacial score (nSPS) is 13.7. The number of likely N-dealkylation sites (N-methyl/N-ethyl adjacent to an activating group) is 1. The average molecular weight is 461 g/mol. The molecule has 3 aromatic rings. The summed E-state index contributed by atoms with van der Waals surface area (Å²) in [4.78, 5) is 2.23. The van der Waals surface area contributed by atoms with Gasteiger partial charge in [0.1, 0.15) is 23.8 Å². The number of halogens is 4. The van der Waals surface area contributed by atoms with Gasteiger partial charge in [0.2, 0.25) is 0 Å². The van der Waals surface area contributed by atoms with E-state index in [-0.39, 0.29) is 5.56 Å². The molecule has 33 heavy (non-hydrogen) atoms. The van der Waals surface area contributed by atoms with Gasteiger partial charge in [0.15, 0.2) is 0 Å². The van der Waals surface area contributed by atoms with E-state index < -0.39 is 23.2 Å². The van der Waals surface area contributed by atoms with E-state index in [1.54, 1.807) is 24.3 Å². The lowest BCUT2D eigenvalue weighted by Gasteiger charge is -2.30. The van der Waals surface area contributed by atoms with Gasteiger partial charge in [-0.15, -0.1) is 0 Å². The average Bonchev–Trinajstić information content (AvgIpc) is 2.82. The number of ether oxygens (including phenoxy) is 1. The van der Waals surface area contributed by atoms with Gasteiger partial charge >= 0.3 is 6.18 Å². The minimum Gasteiger partial charge on any atom is -0.492 e. The Labute approximate surface area is 191 Å². The second kappa shape index (κ2) is 10.4. The molecule has 0 aromatic heterocycles. The van der Waals surface area contributed by atoms with E-state index in [4.69, 9.17) is 4.74 Å². The van der Waals surface area contributed by atoms with Gasteiger partial charge in [-0.05, 0) is 66.2 Å². The van der Waals surface area contributed by atoms with Crippen LogP contribution in [0.15, 0.2) is 72.8 Å². The summed E-state index contributed by atoms with van der Waals surface area (Å²) in [6.07, 6.45) is -4.49. The lowest BCUT2D eigenvalue weighted by molar-refractivity contribution is -0.137. The maximum Gasteiger partial charge on any atom is 0.416 e. The van der Waals surface area contributed by atoms with E-state index in [1.165, 1.54) is 36.4 Å². The summed E-state index contributed by atoms with van der Waals surface area (Å²) in [5.41, 5.74) is -1.61. The van der Waals surface area contributed by atoms with Crippen molar-refractivity contribution < 1.29 is 27.4 Å². The first-order valence-electron chi connectivity index (χ1n) is 10.8. The molecule has 1 N–H and O–H groups in total. The minimum absolute atomic E-state index is 0.234. The molecule has 1 atom stereocenters. The summed E-state index contributed by atoms with van der Waals surface area (Å²) in [6, 6.07) is 16.3. The van der Waals surface area contributed by atoms with Gasteiger partial charge in [-0.25, -0.2) is 4.39 Å². The Balaban J connectivity index is 1.92. The van der Waals surface area contributed by atoms with Crippen molar-refractivity contribution in [2.45, 2.75) is 25.6 Å².